The lowest BCUT2D eigenvalue weighted by molar-refractivity contribution is -0.164. The summed E-state index contributed by atoms with van der Waals surface area (Å²) >= 11 is 0. The zero-order valence-electron chi connectivity index (χ0n) is 15.7. The van der Waals surface area contributed by atoms with Crippen LogP contribution in [-0.4, -0.2) is 31.3 Å². The fraction of sp³-hybridized carbons (Fsp3) is 0.889. The Balaban J connectivity index is 3.89. The van der Waals surface area contributed by atoms with E-state index in [9.17, 15) is 9.59 Å². The van der Waals surface area contributed by atoms with Crippen molar-refractivity contribution < 1.29 is 19.4 Å². The van der Waals surface area contributed by atoms with Gasteiger partial charge in [-0.3, -0.25) is 9.59 Å². The summed E-state index contributed by atoms with van der Waals surface area (Å²) in [6.45, 7) is 9.43. The Morgan fingerprint density at radius 1 is 0.957 bits per heavy atom. The number of carbonyl (C=O) groups excluding carboxylic acids is 1. The van der Waals surface area contributed by atoms with Crippen LogP contribution < -0.4 is 0 Å². The van der Waals surface area contributed by atoms with Crippen molar-refractivity contribution >= 4 is 20.0 Å². The molecular weight excluding hydrogens is 308 g/mol. The number of carbonyl (C=O) groups is 2. The van der Waals surface area contributed by atoms with Crippen LogP contribution in [0.15, 0.2) is 0 Å². The third kappa shape index (κ3) is 9.79. The molecule has 0 bridgehead atoms. The van der Waals surface area contributed by atoms with Crippen molar-refractivity contribution in [2.24, 2.45) is 5.41 Å². The number of rotatable bonds is 13. The molecule has 0 aromatic rings. The minimum atomic E-state index is -1.60. The topological polar surface area (TPSA) is 63.6 Å². The number of esters is 1. The van der Waals surface area contributed by atoms with Gasteiger partial charge in [-0.25, -0.2) is 0 Å². The fourth-order valence-corrected chi connectivity index (χ4v) is 4.21. The van der Waals surface area contributed by atoms with Gasteiger partial charge in [-0.2, -0.15) is 0 Å². The van der Waals surface area contributed by atoms with E-state index in [1.54, 1.807) is 0 Å². The molecule has 0 aromatic heterocycles. The molecule has 5 heteroatoms. The lowest BCUT2D eigenvalue weighted by atomic mass is 9.94. The molecule has 23 heavy (non-hydrogen) atoms. The second kappa shape index (κ2) is 10.8. The molecule has 0 saturated heterocycles. The van der Waals surface area contributed by atoms with Crippen molar-refractivity contribution in [3.8, 4) is 0 Å². The predicted octanol–water partition coefficient (Wildman–Crippen LogP) is 5.03. The molecule has 0 rings (SSSR count). The van der Waals surface area contributed by atoms with Gasteiger partial charge >= 0.3 is 11.9 Å². The Morgan fingerprint density at radius 3 is 1.91 bits per heavy atom. The largest absolute Gasteiger partial charge is 0.480 e. The molecule has 0 radical (unpaired) electrons. The van der Waals surface area contributed by atoms with Gasteiger partial charge in [-0.1, -0.05) is 77.4 Å². The summed E-state index contributed by atoms with van der Waals surface area (Å²) in [6, 6.07) is 1.13. The lowest BCUT2D eigenvalue weighted by Crippen LogP contribution is -2.40. The first-order valence-electron chi connectivity index (χ1n) is 9.04. The van der Waals surface area contributed by atoms with Crippen LogP contribution in [0.1, 0.15) is 72.1 Å². The van der Waals surface area contributed by atoms with E-state index in [0.717, 1.165) is 6.04 Å². The van der Waals surface area contributed by atoms with Gasteiger partial charge in [-0.05, 0) is 13.8 Å². The summed E-state index contributed by atoms with van der Waals surface area (Å²) < 4.78 is 5.30. The van der Waals surface area contributed by atoms with E-state index in [1.807, 2.05) is 0 Å². The zero-order valence-corrected chi connectivity index (χ0v) is 16.7. The number of hydrogen-bond acceptors (Lipinski definition) is 3. The first-order chi connectivity index (χ1) is 10.6. The van der Waals surface area contributed by atoms with Crippen LogP contribution >= 0.6 is 0 Å². The van der Waals surface area contributed by atoms with Gasteiger partial charge in [0, 0.05) is 0 Å². The van der Waals surface area contributed by atoms with Gasteiger partial charge in [0.2, 0.25) is 0 Å². The minimum Gasteiger partial charge on any atom is -0.480 e. The molecular formula is C18H36O4Si. The monoisotopic (exact) mass is 344 g/mol. The molecule has 0 amide bonds. The third-order valence-electron chi connectivity index (χ3n) is 4.35. The second-order valence-electron chi connectivity index (χ2n) is 7.90. The Labute approximate surface area is 143 Å². The zero-order chi connectivity index (χ0) is 17.9. The molecule has 0 atom stereocenters. The molecule has 0 aromatic carbocycles. The van der Waals surface area contributed by atoms with Gasteiger partial charge in [0.15, 0.2) is 5.41 Å². The van der Waals surface area contributed by atoms with Crippen molar-refractivity contribution in [2.75, 3.05) is 6.23 Å². The number of carboxylic acid groups (broad SMARTS) is 1. The number of hydrogen-bond donors (Lipinski definition) is 1. The van der Waals surface area contributed by atoms with Gasteiger partial charge in [0.25, 0.3) is 0 Å². The summed E-state index contributed by atoms with van der Waals surface area (Å²) in [6.07, 6.45) is 10.8. The van der Waals surface area contributed by atoms with Crippen molar-refractivity contribution in [3.05, 3.63) is 0 Å². The first-order valence-corrected chi connectivity index (χ1v) is 12.5. The minimum absolute atomic E-state index is 0.416. The predicted molar refractivity (Wildman–Crippen MR) is 97.3 cm³/mol. The average molecular weight is 345 g/mol. The number of aliphatic carboxylic acids is 1. The fourth-order valence-electron chi connectivity index (χ4n) is 2.34. The number of carboxylic acids is 1. The van der Waals surface area contributed by atoms with Crippen LogP contribution in [0.3, 0.4) is 0 Å². The standard InChI is InChI=1S/C18H36O4Si/c1-6-7-8-9-10-11-12-13-14-23(4,5)15-22-17(21)18(2,3)16(19)20/h6-15H2,1-5H3,(H,19,20). The van der Waals surface area contributed by atoms with Crippen molar-refractivity contribution in [3.63, 3.8) is 0 Å². The van der Waals surface area contributed by atoms with Crippen LogP contribution in [0.5, 0.6) is 0 Å². The van der Waals surface area contributed by atoms with E-state index in [0.29, 0.717) is 6.23 Å². The lowest BCUT2D eigenvalue weighted by Gasteiger charge is -2.24. The smallest absolute Gasteiger partial charge is 0.322 e. The van der Waals surface area contributed by atoms with Crippen molar-refractivity contribution in [1.29, 1.82) is 0 Å². The highest BCUT2D eigenvalue weighted by atomic mass is 28.3. The average Bonchev–Trinajstić information content (AvgIpc) is 2.47. The Kier molecular flexibility index (Phi) is 10.4. The third-order valence-corrected chi connectivity index (χ3v) is 6.98. The van der Waals surface area contributed by atoms with Crippen molar-refractivity contribution in [1.82, 2.24) is 0 Å². The molecule has 0 aliphatic heterocycles. The Hall–Kier alpha value is -0.843. The maximum absolute atomic E-state index is 11.9. The first kappa shape index (κ1) is 22.2. The van der Waals surface area contributed by atoms with Crippen LogP contribution in [0.4, 0.5) is 0 Å². The maximum atomic E-state index is 11.9. The van der Waals surface area contributed by atoms with Gasteiger partial charge in [0.05, 0.1) is 14.3 Å². The molecule has 0 aliphatic carbocycles. The van der Waals surface area contributed by atoms with Crippen LogP contribution in [0.25, 0.3) is 0 Å². The van der Waals surface area contributed by atoms with E-state index in [1.165, 1.54) is 65.2 Å². The van der Waals surface area contributed by atoms with Crippen LogP contribution in [-0.2, 0) is 14.3 Å². The Morgan fingerprint density at radius 2 is 1.43 bits per heavy atom. The summed E-state index contributed by atoms with van der Waals surface area (Å²) in [5.41, 5.74) is -1.46. The number of unbranched alkanes of at least 4 members (excludes halogenated alkanes) is 7. The molecule has 0 aliphatic rings. The molecule has 0 heterocycles. The van der Waals surface area contributed by atoms with Gasteiger partial charge in [0.1, 0.15) is 0 Å². The normalized spacial score (nSPS) is 12.2. The molecule has 1 N–H and O–H groups in total. The highest BCUT2D eigenvalue weighted by Crippen LogP contribution is 2.21. The SMILES string of the molecule is CCCCCCCCCC[Si](C)(C)COC(=O)C(C)(C)C(=O)O. The summed E-state index contributed by atoms with van der Waals surface area (Å²) in [5, 5.41) is 9.03. The van der Waals surface area contributed by atoms with Crippen LogP contribution in [0, 0.1) is 5.41 Å². The van der Waals surface area contributed by atoms with Crippen molar-refractivity contribution in [2.45, 2.75) is 91.3 Å². The van der Waals surface area contributed by atoms with E-state index < -0.39 is 25.4 Å². The Bertz CT molecular complexity index is 364. The highest BCUT2D eigenvalue weighted by Gasteiger charge is 2.38. The molecule has 0 fully saturated rings. The summed E-state index contributed by atoms with van der Waals surface area (Å²) in [7, 11) is -1.60. The van der Waals surface area contributed by atoms with Crippen LogP contribution in [0.2, 0.25) is 19.1 Å². The maximum Gasteiger partial charge on any atom is 0.322 e. The molecule has 0 saturated carbocycles. The highest BCUT2D eigenvalue weighted by molar-refractivity contribution is 6.77. The quantitative estimate of drug-likeness (QED) is 0.220. The van der Waals surface area contributed by atoms with E-state index in [2.05, 4.69) is 20.0 Å². The molecule has 0 unspecified atom stereocenters. The molecule has 4 nitrogen and oxygen atoms in total. The van der Waals surface area contributed by atoms with E-state index in [4.69, 9.17) is 9.84 Å². The van der Waals surface area contributed by atoms with E-state index >= 15 is 0 Å². The second-order valence-corrected chi connectivity index (χ2v) is 13.0. The van der Waals surface area contributed by atoms with Gasteiger partial charge in [-0.15, -0.1) is 0 Å². The molecule has 0 spiro atoms. The molecule has 136 valence electrons. The summed E-state index contributed by atoms with van der Waals surface area (Å²) in [5.74, 6) is -1.76. The van der Waals surface area contributed by atoms with Gasteiger partial charge < -0.3 is 9.84 Å². The van der Waals surface area contributed by atoms with E-state index in [-0.39, 0.29) is 0 Å². The number of ether oxygens (including phenoxy) is 1. The summed E-state index contributed by atoms with van der Waals surface area (Å²) in [4.78, 5) is 22.9.